The lowest BCUT2D eigenvalue weighted by Crippen LogP contribution is -2.42. The van der Waals surface area contributed by atoms with Gasteiger partial charge in [0.25, 0.3) is 0 Å². The molecule has 1 heterocycles. The van der Waals surface area contributed by atoms with Crippen molar-refractivity contribution in [1.82, 2.24) is 9.80 Å². The number of carbonyl (C=O) groups excluding carboxylic acids is 1. The van der Waals surface area contributed by atoms with Gasteiger partial charge in [-0.15, -0.1) is 0 Å². The molecule has 2 aromatic carbocycles. The third-order valence-electron chi connectivity index (χ3n) is 5.37. The predicted octanol–water partition coefficient (Wildman–Crippen LogP) is 4.73. The van der Waals surface area contributed by atoms with E-state index in [9.17, 15) is 4.79 Å². The Labute approximate surface area is 172 Å². The van der Waals surface area contributed by atoms with Gasteiger partial charge in [0.2, 0.25) is 5.91 Å². The van der Waals surface area contributed by atoms with Crippen LogP contribution in [0.5, 0.6) is 0 Å². The molecule has 0 spiro atoms. The molecule has 1 aromatic heterocycles. The Bertz CT molecular complexity index is 982. The normalized spacial score (nSPS) is 12.3. The first kappa shape index (κ1) is 20.6. The fraction of sp³-hybridized carbons (Fsp3) is 0.333. The van der Waals surface area contributed by atoms with Crippen molar-refractivity contribution >= 4 is 16.9 Å². The van der Waals surface area contributed by atoms with E-state index in [1.54, 1.807) is 4.90 Å². The lowest BCUT2D eigenvalue weighted by molar-refractivity contribution is -0.134. The fourth-order valence-electron chi connectivity index (χ4n) is 3.24. The summed E-state index contributed by atoms with van der Waals surface area (Å²) in [6.07, 6.45) is 0. The highest BCUT2D eigenvalue weighted by Gasteiger charge is 2.23. The monoisotopic (exact) mass is 389 g/mol. The van der Waals surface area contributed by atoms with Gasteiger partial charge in [-0.1, -0.05) is 30.3 Å². The van der Waals surface area contributed by atoms with Crippen molar-refractivity contribution in [3.8, 4) is 6.07 Å². The molecule has 5 nitrogen and oxygen atoms in total. The molecule has 1 atom stereocenters. The molecule has 150 valence electrons. The Morgan fingerprint density at radius 1 is 1.10 bits per heavy atom. The average Bonchev–Trinajstić information content (AvgIpc) is 3.16. The van der Waals surface area contributed by atoms with Crippen LogP contribution in [0.1, 0.15) is 43.7 Å². The van der Waals surface area contributed by atoms with Crippen molar-refractivity contribution in [2.45, 2.75) is 39.4 Å². The molecule has 0 N–H and O–H groups in total. The maximum absolute atomic E-state index is 13.0. The van der Waals surface area contributed by atoms with Gasteiger partial charge in [0, 0.05) is 25.0 Å². The number of likely N-dealkylation sites (N-methyl/N-ethyl adjacent to an activating group) is 1. The number of hydrogen-bond donors (Lipinski definition) is 0. The lowest BCUT2D eigenvalue weighted by atomic mass is 10.1. The number of benzene rings is 2. The molecule has 0 fully saturated rings. The zero-order chi connectivity index (χ0) is 21.0. The first-order valence-corrected chi connectivity index (χ1v) is 9.86. The Morgan fingerprint density at radius 3 is 2.41 bits per heavy atom. The zero-order valence-corrected chi connectivity index (χ0v) is 17.4. The predicted molar refractivity (Wildman–Crippen MR) is 114 cm³/mol. The zero-order valence-electron chi connectivity index (χ0n) is 17.4. The number of para-hydroxylation sites is 1. The first-order valence-electron chi connectivity index (χ1n) is 9.86. The topological polar surface area (TPSA) is 60.5 Å². The van der Waals surface area contributed by atoms with E-state index in [4.69, 9.17) is 9.68 Å². The fourth-order valence-corrected chi connectivity index (χ4v) is 3.24. The second kappa shape index (κ2) is 8.93. The van der Waals surface area contributed by atoms with Crippen LogP contribution in [-0.2, 0) is 11.3 Å². The molecule has 3 rings (SSSR count). The lowest BCUT2D eigenvalue weighted by Gasteiger charge is -2.30. The molecule has 0 radical (unpaired) electrons. The molecule has 29 heavy (non-hydrogen) atoms. The van der Waals surface area contributed by atoms with Crippen LogP contribution in [0, 0.1) is 11.3 Å². The van der Waals surface area contributed by atoms with Crippen molar-refractivity contribution in [2.24, 2.45) is 0 Å². The summed E-state index contributed by atoms with van der Waals surface area (Å²) in [7, 11) is 1.82. The maximum atomic E-state index is 13.0. The quantitative estimate of drug-likeness (QED) is 0.586. The van der Waals surface area contributed by atoms with Crippen LogP contribution >= 0.6 is 0 Å². The number of nitriles is 1. The Morgan fingerprint density at radius 2 is 1.79 bits per heavy atom. The van der Waals surface area contributed by atoms with Crippen LogP contribution in [0.3, 0.4) is 0 Å². The van der Waals surface area contributed by atoms with Gasteiger partial charge < -0.3 is 9.32 Å². The number of nitrogens with zero attached hydrogens (tertiary/aromatic N) is 3. The minimum atomic E-state index is -0.154. The third-order valence-corrected chi connectivity index (χ3v) is 5.37. The Balaban J connectivity index is 1.68. The molecule has 0 aliphatic heterocycles. The third kappa shape index (κ3) is 4.85. The largest absolute Gasteiger partial charge is 0.459 e. The minimum Gasteiger partial charge on any atom is -0.459 e. The molecular weight excluding hydrogens is 362 g/mol. The van der Waals surface area contributed by atoms with Crippen molar-refractivity contribution in [1.29, 1.82) is 5.26 Å². The maximum Gasteiger partial charge on any atom is 0.237 e. The van der Waals surface area contributed by atoms with E-state index < -0.39 is 0 Å². The molecule has 0 saturated heterocycles. The first-order chi connectivity index (χ1) is 13.9. The summed E-state index contributed by atoms with van der Waals surface area (Å²) in [6, 6.07) is 19.6. The average molecular weight is 389 g/mol. The highest BCUT2D eigenvalue weighted by atomic mass is 16.3. The van der Waals surface area contributed by atoms with Crippen LogP contribution in [-0.4, -0.2) is 35.3 Å². The minimum absolute atomic E-state index is 0.0419. The van der Waals surface area contributed by atoms with E-state index in [1.165, 1.54) is 0 Å². The number of hydrogen-bond acceptors (Lipinski definition) is 4. The van der Waals surface area contributed by atoms with E-state index in [1.807, 2.05) is 68.6 Å². The van der Waals surface area contributed by atoms with Crippen LogP contribution in [0.2, 0.25) is 0 Å². The molecule has 1 amide bonds. The smallest absolute Gasteiger partial charge is 0.237 e. The summed E-state index contributed by atoms with van der Waals surface area (Å²) in [5.74, 6) is 0.825. The van der Waals surface area contributed by atoms with Crippen molar-refractivity contribution in [3.05, 3.63) is 71.5 Å². The number of amides is 1. The molecule has 0 aliphatic carbocycles. The van der Waals surface area contributed by atoms with Gasteiger partial charge >= 0.3 is 0 Å². The van der Waals surface area contributed by atoms with E-state index in [-0.39, 0.29) is 18.0 Å². The standard InChI is InChI=1S/C24H27N3O2/c1-17(2)27(15-20-11-9-19(14-25)10-12-20)16-24(28)26(4)18(3)23-13-21-7-5-6-8-22(21)29-23/h5-13,17-18H,15-16H2,1-4H3. The van der Waals surface area contributed by atoms with Crippen molar-refractivity contribution in [2.75, 3.05) is 13.6 Å². The summed E-state index contributed by atoms with van der Waals surface area (Å²) >= 11 is 0. The van der Waals surface area contributed by atoms with Gasteiger partial charge in [0.15, 0.2) is 0 Å². The highest BCUT2D eigenvalue weighted by molar-refractivity contribution is 5.80. The van der Waals surface area contributed by atoms with Gasteiger partial charge in [-0.25, -0.2) is 0 Å². The van der Waals surface area contributed by atoms with Crippen molar-refractivity contribution in [3.63, 3.8) is 0 Å². The van der Waals surface area contributed by atoms with Crippen molar-refractivity contribution < 1.29 is 9.21 Å². The number of carbonyl (C=O) groups is 1. The molecule has 3 aromatic rings. The second-order valence-corrected chi connectivity index (χ2v) is 7.67. The van der Waals surface area contributed by atoms with Gasteiger partial charge in [0.1, 0.15) is 11.3 Å². The van der Waals surface area contributed by atoms with Crippen LogP contribution in [0.25, 0.3) is 11.0 Å². The second-order valence-electron chi connectivity index (χ2n) is 7.67. The number of furan rings is 1. The van der Waals surface area contributed by atoms with Gasteiger partial charge in [0.05, 0.1) is 24.2 Å². The summed E-state index contributed by atoms with van der Waals surface area (Å²) in [6.45, 7) is 7.12. The summed E-state index contributed by atoms with van der Waals surface area (Å²) in [5, 5.41) is 9.99. The Kier molecular flexibility index (Phi) is 6.36. The van der Waals surface area contributed by atoms with Crippen LogP contribution < -0.4 is 0 Å². The van der Waals surface area contributed by atoms with E-state index in [2.05, 4.69) is 24.8 Å². The molecule has 0 aliphatic rings. The highest BCUT2D eigenvalue weighted by Crippen LogP contribution is 2.27. The van der Waals surface area contributed by atoms with E-state index >= 15 is 0 Å². The molecular formula is C24H27N3O2. The molecule has 0 saturated carbocycles. The number of fused-ring (bicyclic) bond motifs is 1. The van der Waals surface area contributed by atoms with Gasteiger partial charge in [-0.05, 0) is 50.6 Å². The van der Waals surface area contributed by atoms with E-state index in [0.29, 0.717) is 18.7 Å². The number of rotatable bonds is 7. The Hall–Kier alpha value is -3.10. The summed E-state index contributed by atoms with van der Waals surface area (Å²) < 4.78 is 5.94. The van der Waals surface area contributed by atoms with Crippen LogP contribution in [0.15, 0.2) is 59.0 Å². The molecule has 5 heteroatoms. The summed E-state index contributed by atoms with van der Waals surface area (Å²) in [4.78, 5) is 16.9. The van der Waals surface area contributed by atoms with E-state index in [0.717, 1.165) is 22.3 Å². The summed E-state index contributed by atoms with van der Waals surface area (Å²) in [5.41, 5.74) is 2.55. The van der Waals surface area contributed by atoms with Gasteiger partial charge in [-0.3, -0.25) is 9.69 Å². The van der Waals surface area contributed by atoms with Crippen LogP contribution in [0.4, 0.5) is 0 Å². The molecule has 0 bridgehead atoms. The van der Waals surface area contributed by atoms with Gasteiger partial charge in [-0.2, -0.15) is 5.26 Å². The SMILES string of the molecule is CC(C)N(CC(=O)N(C)C(C)c1cc2ccccc2o1)Cc1ccc(C#N)cc1. The molecule has 1 unspecified atom stereocenters.